The van der Waals surface area contributed by atoms with Crippen LogP contribution in [0, 0.1) is 0 Å². The third kappa shape index (κ3) is 2.55. The Balaban J connectivity index is 1.74. The largest absolute Gasteiger partial charge is 0.394 e. The van der Waals surface area contributed by atoms with E-state index < -0.39 is 12.2 Å². The smallest absolute Gasteiger partial charge is 0.107 e. The molecule has 0 bridgehead atoms. The molecule has 2 aromatic carbocycles. The van der Waals surface area contributed by atoms with Crippen LogP contribution >= 0.6 is 0 Å². The molecule has 0 saturated carbocycles. The first kappa shape index (κ1) is 14.5. The summed E-state index contributed by atoms with van der Waals surface area (Å²) in [6.45, 7) is -0.157. The zero-order valence-corrected chi connectivity index (χ0v) is 12.6. The average molecular weight is 309 g/mol. The Morgan fingerprint density at radius 3 is 2.65 bits per heavy atom. The molecule has 4 heteroatoms. The van der Waals surface area contributed by atoms with Gasteiger partial charge in [0.2, 0.25) is 0 Å². The fourth-order valence-electron chi connectivity index (χ4n) is 3.31. The number of hydrogen-bond donors (Lipinski definition) is 3. The monoisotopic (exact) mass is 309 g/mol. The number of nitrogens with one attached hydrogen (secondary N) is 1. The van der Waals surface area contributed by atoms with Gasteiger partial charge >= 0.3 is 0 Å². The highest BCUT2D eigenvalue weighted by Gasteiger charge is 2.35. The predicted octanol–water partition coefficient (Wildman–Crippen LogP) is 3.02. The summed E-state index contributed by atoms with van der Waals surface area (Å²) < 4.78 is 5.80. The van der Waals surface area contributed by atoms with E-state index in [9.17, 15) is 10.2 Å². The van der Waals surface area contributed by atoms with Gasteiger partial charge in [-0.15, -0.1) is 0 Å². The van der Waals surface area contributed by atoms with Gasteiger partial charge in [-0.2, -0.15) is 0 Å². The van der Waals surface area contributed by atoms with Crippen LogP contribution in [0.2, 0.25) is 0 Å². The minimum Gasteiger partial charge on any atom is -0.394 e. The van der Waals surface area contributed by atoms with E-state index in [1.165, 1.54) is 5.56 Å². The van der Waals surface area contributed by atoms with Crippen molar-refractivity contribution in [2.75, 3.05) is 6.61 Å². The van der Waals surface area contributed by atoms with E-state index in [0.717, 1.165) is 22.0 Å². The highest BCUT2D eigenvalue weighted by atomic mass is 16.5. The van der Waals surface area contributed by atoms with Gasteiger partial charge in [-0.3, -0.25) is 0 Å². The molecule has 0 aliphatic carbocycles. The molecule has 4 nitrogen and oxygen atoms in total. The first-order chi connectivity index (χ1) is 11.3. The highest BCUT2D eigenvalue weighted by Crippen LogP contribution is 2.37. The van der Waals surface area contributed by atoms with Crippen molar-refractivity contribution in [2.45, 2.75) is 24.7 Å². The van der Waals surface area contributed by atoms with Crippen LogP contribution in [0.4, 0.5) is 0 Å². The number of H-pyrrole nitrogens is 1. The molecule has 1 saturated heterocycles. The molecular weight excluding hydrogens is 290 g/mol. The topological polar surface area (TPSA) is 65.5 Å². The Labute approximate surface area is 134 Å². The van der Waals surface area contributed by atoms with Crippen molar-refractivity contribution in [3.63, 3.8) is 0 Å². The molecule has 23 heavy (non-hydrogen) atoms. The van der Waals surface area contributed by atoms with E-state index in [4.69, 9.17) is 4.74 Å². The predicted molar refractivity (Wildman–Crippen MR) is 89.1 cm³/mol. The van der Waals surface area contributed by atoms with E-state index in [2.05, 4.69) is 35.3 Å². The first-order valence-corrected chi connectivity index (χ1v) is 7.87. The second kappa shape index (κ2) is 5.81. The third-order valence-electron chi connectivity index (χ3n) is 4.57. The van der Waals surface area contributed by atoms with Gasteiger partial charge in [0.1, 0.15) is 6.10 Å². The van der Waals surface area contributed by atoms with Crippen molar-refractivity contribution >= 4 is 10.9 Å². The summed E-state index contributed by atoms with van der Waals surface area (Å²) in [6.07, 6.45) is 1.14. The van der Waals surface area contributed by atoms with Gasteiger partial charge in [0.25, 0.3) is 0 Å². The maximum atomic E-state index is 9.97. The van der Waals surface area contributed by atoms with Gasteiger partial charge in [-0.1, -0.05) is 36.4 Å². The molecular formula is C19H19NO3. The summed E-state index contributed by atoms with van der Waals surface area (Å²) in [4.78, 5) is 3.27. The zero-order valence-electron chi connectivity index (χ0n) is 12.6. The summed E-state index contributed by atoms with van der Waals surface area (Å²) >= 11 is 0. The normalized spacial score (nSPS) is 24.3. The van der Waals surface area contributed by atoms with Crippen molar-refractivity contribution in [1.29, 1.82) is 0 Å². The van der Waals surface area contributed by atoms with Crippen LogP contribution in [0.1, 0.15) is 18.1 Å². The Morgan fingerprint density at radius 1 is 1.09 bits per heavy atom. The van der Waals surface area contributed by atoms with Crippen LogP contribution in [0.15, 0.2) is 54.7 Å². The molecule has 1 aliphatic rings. The van der Waals surface area contributed by atoms with Gasteiger partial charge in [0.15, 0.2) is 0 Å². The maximum absolute atomic E-state index is 9.97. The number of hydrogen-bond acceptors (Lipinski definition) is 3. The number of ether oxygens (including phenoxy) is 1. The lowest BCUT2D eigenvalue weighted by atomic mass is 9.99. The number of aromatic nitrogens is 1. The SMILES string of the molecule is OC[C@H]1OC(c2c[nH]c3ccc(-c4ccccc4)cc23)C[C@@H]1O. The standard InChI is InChI=1S/C19H19NO3/c21-11-19-17(22)9-18(23-19)15-10-20-16-7-6-13(8-14(15)16)12-4-2-1-3-5-12/h1-8,10,17-22H,9,11H2/t17-,18?,19+/m0/s1. The van der Waals surface area contributed by atoms with Gasteiger partial charge < -0.3 is 19.9 Å². The van der Waals surface area contributed by atoms with Crippen molar-refractivity contribution in [1.82, 2.24) is 4.98 Å². The lowest BCUT2D eigenvalue weighted by Crippen LogP contribution is -2.24. The van der Waals surface area contributed by atoms with Gasteiger partial charge in [-0.25, -0.2) is 0 Å². The van der Waals surface area contributed by atoms with Gasteiger partial charge in [0, 0.05) is 29.1 Å². The van der Waals surface area contributed by atoms with Crippen molar-refractivity contribution in [3.05, 3.63) is 60.3 Å². The van der Waals surface area contributed by atoms with E-state index in [1.807, 2.05) is 24.4 Å². The van der Waals surface area contributed by atoms with Crippen LogP contribution < -0.4 is 0 Å². The van der Waals surface area contributed by atoms with Crippen molar-refractivity contribution in [3.8, 4) is 11.1 Å². The van der Waals surface area contributed by atoms with Gasteiger partial charge in [-0.05, 0) is 23.3 Å². The Hall–Kier alpha value is -2.14. The molecule has 1 unspecified atom stereocenters. The summed E-state index contributed by atoms with van der Waals surface area (Å²) in [7, 11) is 0. The molecule has 3 aromatic rings. The maximum Gasteiger partial charge on any atom is 0.107 e. The zero-order chi connectivity index (χ0) is 15.8. The number of benzene rings is 2. The minimum atomic E-state index is -0.618. The number of rotatable bonds is 3. The van der Waals surface area contributed by atoms with E-state index >= 15 is 0 Å². The molecule has 3 atom stereocenters. The molecule has 1 fully saturated rings. The average Bonchev–Trinajstić information content (AvgIpc) is 3.18. The minimum absolute atomic E-state index is 0.157. The molecule has 1 aliphatic heterocycles. The first-order valence-electron chi connectivity index (χ1n) is 7.87. The van der Waals surface area contributed by atoms with Gasteiger partial charge in [0.05, 0.1) is 18.8 Å². The summed E-state index contributed by atoms with van der Waals surface area (Å²) in [5.41, 5.74) is 4.40. The Kier molecular flexibility index (Phi) is 3.65. The summed E-state index contributed by atoms with van der Waals surface area (Å²) in [6, 6.07) is 16.6. The molecule has 1 aromatic heterocycles. The fourth-order valence-corrected chi connectivity index (χ4v) is 3.31. The van der Waals surface area contributed by atoms with E-state index in [0.29, 0.717) is 6.42 Å². The molecule has 0 amide bonds. The molecule has 118 valence electrons. The van der Waals surface area contributed by atoms with E-state index in [-0.39, 0.29) is 12.7 Å². The lowest BCUT2D eigenvalue weighted by Gasteiger charge is -2.12. The van der Waals surface area contributed by atoms with Crippen LogP contribution in [0.3, 0.4) is 0 Å². The Morgan fingerprint density at radius 2 is 1.91 bits per heavy atom. The van der Waals surface area contributed by atoms with Crippen LogP contribution in [0.25, 0.3) is 22.0 Å². The number of aliphatic hydroxyl groups excluding tert-OH is 2. The molecule has 0 radical (unpaired) electrons. The quantitative estimate of drug-likeness (QED) is 0.697. The molecule has 3 N–H and O–H groups in total. The van der Waals surface area contributed by atoms with E-state index in [1.54, 1.807) is 0 Å². The number of fused-ring (bicyclic) bond motifs is 1. The molecule has 2 heterocycles. The van der Waals surface area contributed by atoms with Crippen LogP contribution in [-0.4, -0.2) is 34.0 Å². The molecule has 0 spiro atoms. The van der Waals surface area contributed by atoms with Crippen LogP contribution in [0.5, 0.6) is 0 Å². The molecule has 4 rings (SSSR count). The Bertz CT molecular complexity index is 812. The summed E-state index contributed by atoms with van der Waals surface area (Å²) in [5.74, 6) is 0. The summed E-state index contributed by atoms with van der Waals surface area (Å²) in [5, 5.41) is 20.3. The van der Waals surface area contributed by atoms with Crippen molar-refractivity contribution < 1.29 is 14.9 Å². The number of aromatic amines is 1. The van der Waals surface area contributed by atoms with Crippen molar-refractivity contribution in [2.24, 2.45) is 0 Å². The highest BCUT2D eigenvalue weighted by molar-refractivity contribution is 5.88. The second-order valence-corrected chi connectivity index (χ2v) is 6.02. The third-order valence-corrected chi connectivity index (χ3v) is 4.57. The second-order valence-electron chi connectivity index (χ2n) is 6.02. The number of aliphatic hydroxyl groups is 2. The van der Waals surface area contributed by atoms with Crippen LogP contribution in [-0.2, 0) is 4.74 Å². The fraction of sp³-hybridized carbons (Fsp3) is 0.263. The lowest BCUT2D eigenvalue weighted by molar-refractivity contribution is -0.0222.